The predicted molar refractivity (Wildman–Crippen MR) is 70.2 cm³/mol. The van der Waals surface area contributed by atoms with Gasteiger partial charge in [-0.3, -0.25) is 15.4 Å². The van der Waals surface area contributed by atoms with Crippen molar-refractivity contribution >= 4 is 23.5 Å². The van der Waals surface area contributed by atoms with Gasteiger partial charge in [0.2, 0.25) is 5.91 Å². The quantitative estimate of drug-likeness (QED) is 0.776. The number of rotatable bonds is 4. The van der Waals surface area contributed by atoms with Crippen molar-refractivity contribution in [3.8, 4) is 0 Å². The minimum absolute atomic E-state index is 0.0719. The summed E-state index contributed by atoms with van der Waals surface area (Å²) in [7, 11) is 0. The van der Waals surface area contributed by atoms with Crippen molar-refractivity contribution in [3.63, 3.8) is 0 Å². The Balaban J connectivity index is 2.61. The molecule has 4 N–H and O–H groups in total. The van der Waals surface area contributed by atoms with Gasteiger partial charge in [0.05, 0.1) is 6.04 Å². The van der Waals surface area contributed by atoms with E-state index in [9.17, 15) is 9.59 Å². The fraction of sp³-hybridized carbons (Fsp3) is 0.333. The number of benzene rings is 1. The zero-order valence-electron chi connectivity index (χ0n) is 10.2. The Morgan fingerprint density at radius 1 is 1.33 bits per heavy atom. The highest BCUT2D eigenvalue weighted by Crippen LogP contribution is 2.17. The van der Waals surface area contributed by atoms with Crippen LogP contribution in [-0.2, 0) is 4.79 Å². The van der Waals surface area contributed by atoms with Crippen LogP contribution in [0.25, 0.3) is 0 Å². The Hall–Kier alpha value is -1.59. The lowest BCUT2D eigenvalue weighted by Gasteiger charge is -2.19. The van der Waals surface area contributed by atoms with Crippen molar-refractivity contribution in [1.82, 2.24) is 10.6 Å². The molecule has 0 saturated carbocycles. The first-order valence-electron chi connectivity index (χ1n) is 5.52. The molecule has 1 aromatic carbocycles. The second-order valence-corrected chi connectivity index (χ2v) is 4.45. The van der Waals surface area contributed by atoms with Gasteiger partial charge in [-0.1, -0.05) is 23.7 Å². The van der Waals surface area contributed by atoms with E-state index in [4.69, 9.17) is 17.3 Å². The Morgan fingerprint density at radius 3 is 2.56 bits per heavy atom. The summed E-state index contributed by atoms with van der Waals surface area (Å²) in [5.74, 6) is -0.462. The number of primary amides is 1. The standard InChI is InChI=1S/C12H16ClN3O2/c1-7(9-4-3-5-10(13)6-9)15-8(2)11(17)16-12(14)18/h3-8,15H,1-2H3,(H3,14,16,17,18)/t7-,8?/m1/s1. The van der Waals surface area contributed by atoms with Crippen LogP contribution in [0, 0.1) is 0 Å². The summed E-state index contributed by atoms with van der Waals surface area (Å²) in [5.41, 5.74) is 5.84. The lowest BCUT2D eigenvalue weighted by molar-refractivity contribution is -0.121. The topological polar surface area (TPSA) is 84.2 Å². The number of hydrogen-bond acceptors (Lipinski definition) is 3. The fourth-order valence-corrected chi connectivity index (χ4v) is 1.75. The van der Waals surface area contributed by atoms with Gasteiger partial charge in [-0.05, 0) is 31.5 Å². The molecule has 98 valence electrons. The molecule has 0 bridgehead atoms. The van der Waals surface area contributed by atoms with Gasteiger partial charge in [0.1, 0.15) is 0 Å². The first-order chi connectivity index (χ1) is 8.40. The molecular weight excluding hydrogens is 254 g/mol. The summed E-state index contributed by atoms with van der Waals surface area (Å²) in [6, 6.07) is 5.87. The minimum Gasteiger partial charge on any atom is -0.351 e. The molecule has 0 fully saturated rings. The zero-order chi connectivity index (χ0) is 13.7. The molecule has 0 heterocycles. The summed E-state index contributed by atoms with van der Waals surface area (Å²) in [4.78, 5) is 22.0. The molecule has 18 heavy (non-hydrogen) atoms. The number of urea groups is 1. The molecule has 0 aromatic heterocycles. The first-order valence-corrected chi connectivity index (χ1v) is 5.89. The monoisotopic (exact) mass is 269 g/mol. The molecule has 0 aliphatic carbocycles. The third-order valence-corrected chi connectivity index (χ3v) is 2.72. The predicted octanol–water partition coefficient (Wildman–Crippen LogP) is 1.57. The zero-order valence-corrected chi connectivity index (χ0v) is 11.0. The van der Waals surface area contributed by atoms with Gasteiger partial charge in [0, 0.05) is 11.1 Å². The molecule has 0 saturated heterocycles. The van der Waals surface area contributed by atoms with Crippen LogP contribution in [0.15, 0.2) is 24.3 Å². The van der Waals surface area contributed by atoms with Crippen molar-refractivity contribution in [2.45, 2.75) is 25.9 Å². The summed E-state index contributed by atoms with van der Waals surface area (Å²) in [5, 5.41) is 5.71. The third-order valence-electron chi connectivity index (χ3n) is 2.49. The fourth-order valence-electron chi connectivity index (χ4n) is 1.55. The molecule has 2 atom stereocenters. The maximum absolute atomic E-state index is 11.5. The number of amides is 3. The van der Waals surface area contributed by atoms with E-state index in [1.54, 1.807) is 13.0 Å². The van der Waals surface area contributed by atoms with E-state index in [0.717, 1.165) is 5.56 Å². The molecule has 0 radical (unpaired) electrons. The van der Waals surface area contributed by atoms with Crippen LogP contribution in [0.1, 0.15) is 25.5 Å². The van der Waals surface area contributed by atoms with Gasteiger partial charge >= 0.3 is 6.03 Å². The number of hydrogen-bond donors (Lipinski definition) is 3. The van der Waals surface area contributed by atoms with Crippen LogP contribution >= 0.6 is 11.6 Å². The smallest absolute Gasteiger partial charge is 0.318 e. The molecule has 5 nitrogen and oxygen atoms in total. The summed E-state index contributed by atoms with van der Waals surface area (Å²) in [6.45, 7) is 3.55. The minimum atomic E-state index is -0.857. The van der Waals surface area contributed by atoms with Crippen molar-refractivity contribution < 1.29 is 9.59 Å². The van der Waals surface area contributed by atoms with Gasteiger partial charge in [-0.2, -0.15) is 0 Å². The van der Waals surface area contributed by atoms with Crippen molar-refractivity contribution in [2.75, 3.05) is 0 Å². The Morgan fingerprint density at radius 2 is 2.00 bits per heavy atom. The van der Waals surface area contributed by atoms with E-state index in [-0.39, 0.29) is 6.04 Å². The number of carbonyl (C=O) groups is 2. The second-order valence-electron chi connectivity index (χ2n) is 4.02. The van der Waals surface area contributed by atoms with Crippen molar-refractivity contribution in [2.24, 2.45) is 5.73 Å². The highest BCUT2D eigenvalue weighted by molar-refractivity contribution is 6.30. The Bertz CT molecular complexity index is 451. The van der Waals surface area contributed by atoms with Crippen molar-refractivity contribution in [1.29, 1.82) is 0 Å². The van der Waals surface area contributed by atoms with Gasteiger partial charge in [-0.15, -0.1) is 0 Å². The Kier molecular flexibility index (Phi) is 5.12. The molecular formula is C12H16ClN3O2. The Labute approximate surface area is 111 Å². The van der Waals surface area contributed by atoms with Crippen LogP contribution in [0.2, 0.25) is 5.02 Å². The summed E-state index contributed by atoms with van der Waals surface area (Å²) < 4.78 is 0. The molecule has 0 spiro atoms. The highest BCUT2D eigenvalue weighted by Gasteiger charge is 2.17. The molecule has 0 aliphatic rings. The summed E-state index contributed by atoms with van der Waals surface area (Å²) in [6.07, 6.45) is 0. The maximum Gasteiger partial charge on any atom is 0.318 e. The molecule has 0 aliphatic heterocycles. The molecule has 1 aromatic rings. The van der Waals surface area contributed by atoms with Crippen LogP contribution in [-0.4, -0.2) is 18.0 Å². The number of nitrogens with one attached hydrogen (secondary N) is 2. The third kappa shape index (κ3) is 4.35. The van der Waals surface area contributed by atoms with Crippen LogP contribution < -0.4 is 16.4 Å². The highest BCUT2D eigenvalue weighted by atomic mass is 35.5. The average Bonchev–Trinajstić information content (AvgIpc) is 2.27. The van der Waals surface area contributed by atoms with E-state index in [1.807, 2.05) is 30.4 Å². The van der Waals surface area contributed by atoms with Crippen LogP contribution in [0.3, 0.4) is 0 Å². The summed E-state index contributed by atoms with van der Waals surface area (Å²) >= 11 is 5.89. The molecule has 3 amide bonds. The van der Waals surface area contributed by atoms with E-state index in [0.29, 0.717) is 5.02 Å². The molecule has 6 heteroatoms. The number of nitrogens with two attached hydrogens (primary N) is 1. The number of halogens is 1. The normalized spacial score (nSPS) is 13.7. The van der Waals surface area contributed by atoms with E-state index in [1.165, 1.54) is 0 Å². The van der Waals surface area contributed by atoms with E-state index >= 15 is 0 Å². The van der Waals surface area contributed by atoms with Gasteiger partial charge in [0.15, 0.2) is 0 Å². The maximum atomic E-state index is 11.5. The number of imide groups is 1. The first kappa shape index (κ1) is 14.5. The van der Waals surface area contributed by atoms with Gasteiger partial charge < -0.3 is 5.73 Å². The largest absolute Gasteiger partial charge is 0.351 e. The average molecular weight is 270 g/mol. The second kappa shape index (κ2) is 6.37. The van der Waals surface area contributed by atoms with Crippen molar-refractivity contribution in [3.05, 3.63) is 34.9 Å². The lowest BCUT2D eigenvalue weighted by Crippen LogP contribution is -2.47. The SMILES string of the molecule is CC(N[C@H](C)c1cccc(Cl)c1)C(=O)NC(N)=O. The van der Waals surface area contributed by atoms with E-state index < -0.39 is 18.0 Å². The molecule has 1 unspecified atom stereocenters. The number of carbonyl (C=O) groups excluding carboxylic acids is 2. The van der Waals surface area contributed by atoms with Crippen LogP contribution in [0.4, 0.5) is 4.79 Å². The van der Waals surface area contributed by atoms with Crippen LogP contribution in [0.5, 0.6) is 0 Å². The molecule has 1 rings (SSSR count). The van der Waals surface area contributed by atoms with Gasteiger partial charge in [-0.25, -0.2) is 4.79 Å². The lowest BCUT2D eigenvalue weighted by atomic mass is 10.1. The van der Waals surface area contributed by atoms with Gasteiger partial charge in [0.25, 0.3) is 0 Å². The van der Waals surface area contributed by atoms with E-state index in [2.05, 4.69) is 5.32 Å².